The normalized spacial score (nSPS) is 15.0. The average Bonchev–Trinajstić information content (AvgIpc) is 3.04. The van der Waals surface area contributed by atoms with Gasteiger partial charge in [-0.3, -0.25) is 4.79 Å². The van der Waals surface area contributed by atoms with E-state index in [1.165, 1.54) is 20.9 Å². The van der Waals surface area contributed by atoms with Crippen molar-refractivity contribution < 1.29 is 4.79 Å². The van der Waals surface area contributed by atoms with E-state index in [2.05, 4.69) is 4.37 Å². The molecule has 0 spiro atoms. The number of aromatic nitrogens is 1. The number of nitrogens with zero attached hydrogens (tertiary/aromatic N) is 1. The predicted octanol–water partition coefficient (Wildman–Crippen LogP) is 5.46. The van der Waals surface area contributed by atoms with Gasteiger partial charge in [0.25, 0.3) is 0 Å². The molecule has 94 valence electrons. The second-order valence-electron chi connectivity index (χ2n) is 4.14. The van der Waals surface area contributed by atoms with E-state index in [9.17, 15) is 4.79 Å². The summed E-state index contributed by atoms with van der Waals surface area (Å²) in [4.78, 5) is 12.9. The maximum atomic E-state index is 12.0. The molecule has 2 nitrogen and oxygen atoms in total. The molecule has 1 aromatic rings. The largest absolute Gasteiger partial charge is 0.288 e. The average molecular weight is 347 g/mol. The number of fused-ring (bicyclic) bond motifs is 4. The van der Waals surface area contributed by atoms with Gasteiger partial charge in [-0.2, -0.15) is 4.37 Å². The van der Waals surface area contributed by atoms with E-state index >= 15 is 0 Å². The van der Waals surface area contributed by atoms with Crippen LogP contribution in [-0.2, 0) is 0 Å². The summed E-state index contributed by atoms with van der Waals surface area (Å²) in [6, 6.07) is 3.60. The van der Waals surface area contributed by atoms with Crippen LogP contribution in [0.2, 0.25) is 5.02 Å². The van der Waals surface area contributed by atoms with Crippen LogP contribution in [0.1, 0.15) is 15.9 Å². The van der Waals surface area contributed by atoms with Crippen molar-refractivity contribution in [1.82, 2.24) is 4.37 Å². The SMILES string of the molecule is O=C1C(Cl)=C(Cl)c2cc3c4nssc-4c(Cl)c3cc21. The molecule has 19 heavy (non-hydrogen) atoms. The quantitative estimate of drug-likeness (QED) is 0.506. The number of benzene rings is 1. The summed E-state index contributed by atoms with van der Waals surface area (Å²) in [6.45, 7) is 0. The van der Waals surface area contributed by atoms with Crippen LogP contribution in [0.15, 0.2) is 17.2 Å². The van der Waals surface area contributed by atoms with E-state index in [0.29, 0.717) is 21.2 Å². The van der Waals surface area contributed by atoms with Crippen molar-refractivity contribution in [2.45, 2.75) is 0 Å². The lowest BCUT2D eigenvalue weighted by atomic mass is 10.1. The molecule has 1 aliphatic heterocycles. The summed E-state index contributed by atoms with van der Waals surface area (Å²) in [5.74, 6) is -0.250. The highest BCUT2D eigenvalue weighted by Crippen LogP contribution is 2.49. The third kappa shape index (κ3) is 1.44. The highest BCUT2D eigenvalue weighted by atomic mass is 35.5. The third-order valence-corrected chi connectivity index (χ3v) is 6.38. The van der Waals surface area contributed by atoms with Crippen molar-refractivity contribution in [2.24, 2.45) is 0 Å². The first-order valence-electron chi connectivity index (χ1n) is 5.20. The molecule has 0 N–H and O–H groups in total. The molecule has 0 atom stereocenters. The fourth-order valence-electron chi connectivity index (χ4n) is 2.29. The van der Waals surface area contributed by atoms with Crippen molar-refractivity contribution in [1.29, 1.82) is 0 Å². The lowest BCUT2D eigenvalue weighted by Crippen LogP contribution is -1.93. The van der Waals surface area contributed by atoms with Gasteiger partial charge in [-0.1, -0.05) is 45.1 Å². The molecule has 1 heterocycles. The molecule has 7 heteroatoms. The molecular weight excluding hydrogens is 345 g/mol. The number of halogens is 3. The van der Waals surface area contributed by atoms with Crippen LogP contribution in [0.5, 0.6) is 0 Å². The fourth-order valence-corrected chi connectivity index (χ4v) is 5.13. The van der Waals surface area contributed by atoms with Crippen LogP contribution in [-0.4, -0.2) is 10.2 Å². The Bertz CT molecular complexity index is 877. The monoisotopic (exact) mass is 345 g/mol. The van der Waals surface area contributed by atoms with Crippen molar-refractivity contribution in [2.75, 3.05) is 0 Å². The number of allylic oxidation sites excluding steroid dienone is 1. The third-order valence-electron chi connectivity index (χ3n) is 3.19. The minimum atomic E-state index is -0.250. The number of hydrogen-bond acceptors (Lipinski definition) is 4. The van der Waals surface area contributed by atoms with Crippen LogP contribution in [0.25, 0.3) is 26.4 Å². The summed E-state index contributed by atoms with van der Waals surface area (Å²) < 4.78 is 4.35. The summed E-state index contributed by atoms with van der Waals surface area (Å²) in [5, 5.41) is 2.74. The smallest absolute Gasteiger partial charge is 0.206 e. The predicted molar refractivity (Wildman–Crippen MR) is 82.1 cm³/mol. The molecule has 0 saturated heterocycles. The first-order chi connectivity index (χ1) is 9.09. The van der Waals surface area contributed by atoms with E-state index < -0.39 is 0 Å². The lowest BCUT2D eigenvalue weighted by molar-refractivity contribution is 0.104. The van der Waals surface area contributed by atoms with Crippen molar-refractivity contribution in [3.05, 3.63) is 33.3 Å². The lowest BCUT2D eigenvalue weighted by Gasteiger charge is -2.00. The summed E-state index contributed by atoms with van der Waals surface area (Å²) in [7, 11) is 2.91. The second-order valence-corrected chi connectivity index (χ2v) is 7.13. The molecule has 0 aromatic heterocycles. The Labute approximate surface area is 130 Å². The van der Waals surface area contributed by atoms with E-state index in [-0.39, 0.29) is 10.8 Å². The van der Waals surface area contributed by atoms with Gasteiger partial charge in [0.1, 0.15) is 10.7 Å². The molecule has 0 saturated carbocycles. The number of ketones is 1. The van der Waals surface area contributed by atoms with Crippen LogP contribution in [0.4, 0.5) is 0 Å². The van der Waals surface area contributed by atoms with Gasteiger partial charge in [-0.05, 0) is 12.1 Å². The van der Waals surface area contributed by atoms with E-state index in [1.807, 2.05) is 6.07 Å². The first-order valence-corrected chi connectivity index (χ1v) is 8.44. The minimum absolute atomic E-state index is 0.0674. The number of Topliss-reactive ketones (excluding diaryl/α,β-unsaturated/α-hetero) is 1. The fraction of sp³-hybridized carbons (Fsp3) is 0. The van der Waals surface area contributed by atoms with Crippen molar-refractivity contribution in [3.63, 3.8) is 0 Å². The molecule has 1 aromatic carbocycles. The molecule has 0 radical (unpaired) electrons. The molecule has 3 aliphatic rings. The van der Waals surface area contributed by atoms with Crippen LogP contribution < -0.4 is 0 Å². The van der Waals surface area contributed by atoms with Gasteiger partial charge in [0, 0.05) is 32.4 Å². The zero-order valence-electron chi connectivity index (χ0n) is 8.96. The van der Waals surface area contributed by atoms with Gasteiger partial charge >= 0.3 is 0 Å². The Hall–Kier alpha value is -0.650. The molecule has 0 unspecified atom stereocenters. The second kappa shape index (κ2) is 3.93. The molecule has 0 amide bonds. The van der Waals surface area contributed by atoms with Gasteiger partial charge in [0.15, 0.2) is 0 Å². The van der Waals surface area contributed by atoms with Crippen molar-refractivity contribution >= 4 is 77.3 Å². The van der Waals surface area contributed by atoms with E-state index in [1.54, 1.807) is 6.07 Å². The Morgan fingerprint density at radius 1 is 1.00 bits per heavy atom. The summed E-state index contributed by atoms with van der Waals surface area (Å²) >= 11 is 18.3. The maximum absolute atomic E-state index is 12.0. The number of rotatable bonds is 0. The number of carbonyl (C=O) groups excluding carboxylic acids is 1. The Morgan fingerprint density at radius 3 is 2.53 bits per heavy atom. The zero-order valence-corrected chi connectivity index (χ0v) is 12.9. The van der Waals surface area contributed by atoms with E-state index in [0.717, 1.165) is 21.3 Å². The topological polar surface area (TPSA) is 30.0 Å². The van der Waals surface area contributed by atoms with Crippen LogP contribution >= 0.6 is 55.7 Å². The Morgan fingerprint density at radius 2 is 1.74 bits per heavy atom. The van der Waals surface area contributed by atoms with E-state index in [4.69, 9.17) is 34.8 Å². The van der Waals surface area contributed by atoms with Crippen LogP contribution in [0.3, 0.4) is 0 Å². The minimum Gasteiger partial charge on any atom is -0.288 e. The highest BCUT2D eigenvalue weighted by Gasteiger charge is 2.30. The number of carbonyl (C=O) groups is 1. The van der Waals surface area contributed by atoms with Gasteiger partial charge in [-0.25, -0.2) is 0 Å². The molecule has 2 aliphatic carbocycles. The molecule has 0 fully saturated rings. The van der Waals surface area contributed by atoms with Gasteiger partial charge < -0.3 is 0 Å². The van der Waals surface area contributed by atoms with Crippen molar-refractivity contribution in [3.8, 4) is 10.6 Å². The highest BCUT2D eigenvalue weighted by molar-refractivity contribution is 7.68. The van der Waals surface area contributed by atoms with Gasteiger partial charge in [0.2, 0.25) is 5.78 Å². The molecule has 0 bridgehead atoms. The van der Waals surface area contributed by atoms with Crippen LogP contribution in [0, 0.1) is 0 Å². The van der Waals surface area contributed by atoms with Gasteiger partial charge in [-0.15, -0.1) is 0 Å². The first kappa shape index (κ1) is 12.1. The Kier molecular flexibility index (Phi) is 2.51. The standard InChI is InChI=1S/C12H2Cl3NOS2/c13-7-4-1-5-3(2-6(4)11(17)9(7)15)8(14)12-10(5)16-19-18-12/h1-2H. The molecular formula is C12H2Cl3NOS2. The summed E-state index contributed by atoms with van der Waals surface area (Å²) in [6.07, 6.45) is 0. The maximum Gasteiger partial charge on any atom is 0.206 e. The Balaban J connectivity index is 2.18. The number of hydrogen-bond donors (Lipinski definition) is 0. The molecule has 4 rings (SSSR count). The van der Waals surface area contributed by atoms with Gasteiger partial charge in [0.05, 0.1) is 14.9 Å². The zero-order chi connectivity index (χ0) is 13.3. The summed E-state index contributed by atoms with van der Waals surface area (Å²) in [5.41, 5.74) is 2.02.